The maximum Gasteiger partial charge on any atom is 0.244 e. The number of aromatic nitrogens is 1. The summed E-state index contributed by atoms with van der Waals surface area (Å²) in [4.78, 5) is 3.93. The minimum atomic E-state index is -3.49. The van der Waals surface area contributed by atoms with Crippen LogP contribution < -0.4 is 5.32 Å². The van der Waals surface area contributed by atoms with Gasteiger partial charge in [0.05, 0.1) is 0 Å². The summed E-state index contributed by atoms with van der Waals surface area (Å²) in [5, 5.41) is 11.7. The Morgan fingerprint density at radius 3 is 2.83 bits per heavy atom. The molecular formula is C11H14N4O2S. The lowest BCUT2D eigenvalue weighted by Gasteiger charge is -2.16. The summed E-state index contributed by atoms with van der Waals surface area (Å²) in [6.45, 7) is 0.979. The number of nitrogens with zero attached hydrogens (tertiary/aromatic N) is 3. The van der Waals surface area contributed by atoms with E-state index < -0.39 is 10.0 Å². The molecule has 1 N–H and O–H groups in total. The lowest BCUT2D eigenvalue weighted by molar-refractivity contribution is 0.464. The van der Waals surface area contributed by atoms with Gasteiger partial charge in [-0.05, 0) is 25.6 Å². The highest BCUT2D eigenvalue weighted by Crippen LogP contribution is 2.20. The van der Waals surface area contributed by atoms with E-state index in [4.69, 9.17) is 5.26 Å². The van der Waals surface area contributed by atoms with Gasteiger partial charge in [0.15, 0.2) is 0 Å². The van der Waals surface area contributed by atoms with Gasteiger partial charge in [-0.1, -0.05) is 0 Å². The molecule has 6 nitrogen and oxygen atoms in total. The van der Waals surface area contributed by atoms with Crippen LogP contribution in [0.3, 0.4) is 0 Å². The van der Waals surface area contributed by atoms with Crippen LogP contribution in [-0.4, -0.2) is 43.9 Å². The number of hydrogen-bond donors (Lipinski definition) is 1. The minimum Gasteiger partial charge on any atom is -0.316 e. The van der Waals surface area contributed by atoms with E-state index in [2.05, 4.69) is 10.3 Å². The number of nitriles is 1. The molecule has 0 radical (unpaired) electrons. The SMILES string of the molecule is CNC1CCN(S(=O)(=O)c2ccc(C#N)nc2)C1. The summed E-state index contributed by atoms with van der Waals surface area (Å²) in [5.74, 6) is 0. The molecule has 1 aromatic heterocycles. The van der Waals surface area contributed by atoms with Crippen LogP contribution in [-0.2, 0) is 10.0 Å². The first kappa shape index (κ1) is 13.0. The van der Waals surface area contributed by atoms with E-state index in [9.17, 15) is 8.42 Å². The van der Waals surface area contributed by atoms with Gasteiger partial charge < -0.3 is 5.32 Å². The van der Waals surface area contributed by atoms with E-state index in [0.717, 1.165) is 6.42 Å². The highest BCUT2D eigenvalue weighted by atomic mass is 32.2. The second-order valence-electron chi connectivity index (χ2n) is 4.13. The topological polar surface area (TPSA) is 86.1 Å². The van der Waals surface area contributed by atoms with Gasteiger partial charge in [-0.3, -0.25) is 0 Å². The fourth-order valence-electron chi connectivity index (χ4n) is 1.93. The molecule has 1 aliphatic rings. The number of rotatable bonds is 3. The molecule has 1 unspecified atom stereocenters. The van der Waals surface area contributed by atoms with Crippen molar-refractivity contribution in [1.29, 1.82) is 5.26 Å². The normalized spacial score (nSPS) is 20.8. The average molecular weight is 266 g/mol. The molecule has 0 amide bonds. The lowest BCUT2D eigenvalue weighted by atomic mass is 10.3. The summed E-state index contributed by atoms with van der Waals surface area (Å²) < 4.78 is 26.0. The van der Waals surface area contributed by atoms with E-state index >= 15 is 0 Å². The van der Waals surface area contributed by atoms with Crippen LogP contribution in [0.15, 0.2) is 23.2 Å². The Hall–Kier alpha value is -1.49. The fraction of sp³-hybridized carbons (Fsp3) is 0.455. The van der Waals surface area contributed by atoms with Gasteiger partial charge in [-0.25, -0.2) is 13.4 Å². The zero-order valence-corrected chi connectivity index (χ0v) is 10.8. The Bertz CT molecular complexity index is 562. The van der Waals surface area contributed by atoms with Crippen molar-refractivity contribution in [3.05, 3.63) is 24.0 Å². The maximum absolute atomic E-state index is 12.3. The molecule has 1 saturated heterocycles. The van der Waals surface area contributed by atoms with Crippen molar-refractivity contribution in [1.82, 2.24) is 14.6 Å². The van der Waals surface area contributed by atoms with Gasteiger partial charge >= 0.3 is 0 Å². The van der Waals surface area contributed by atoms with Gasteiger partial charge in [0.25, 0.3) is 0 Å². The highest BCUT2D eigenvalue weighted by molar-refractivity contribution is 7.89. The van der Waals surface area contributed by atoms with E-state index in [1.165, 1.54) is 22.6 Å². The largest absolute Gasteiger partial charge is 0.316 e. The third kappa shape index (κ3) is 2.36. The molecular weight excluding hydrogens is 252 g/mol. The Kier molecular flexibility index (Phi) is 3.61. The van der Waals surface area contributed by atoms with Crippen LogP contribution in [0.5, 0.6) is 0 Å². The standard InChI is InChI=1S/C11H14N4O2S/c1-13-10-4-5-15(8-10)18(16,17)11-3-2-9(6-12)14-7-11/h2-3,7,10,13H,4-5,8H2,1H3. The van der Waals surface area contributed by atoms with E-state index in [1.807, 2.05) is 13.1 Å². The molecule has 2 rings (SSSR count). The van der Waals surface area contributed by atoms with Gasteiger partial charge in [0.1, 0.15) is 16.7 Å². The summed E-state index contributed by atoms with van der Waals surface area (Å²) in [5.41, 5.74) is 0.212. The van der Waals surface area contributed by atoms with Gasteiger partial charge in [-0.2, -0.15) is 9.57 Å². The van der Waals surface area contributed by atoms with Crippen molar-refractivity contribution in [2.45, 2.75) is 17.4 Å². The predicted molar refractivity (Wildman–Crippen MR) is 65.2 cm³/mol. The van der Waals surface area contributed by atoms with Crippen LogP contribution in [0.4, 0.5) is 0 Å². The predicted octanol–water partition coefficient (Wildman–Crippen LogP) is -0.0643. The first-order valence-corrected chi connectivity index (χ1v) is 7.05. The average Bonchev–Trinajstić information content (AvgIpc) is 2.88. The number of sulfonamides is 1. The Balaban J connectivity index is 2.23. The third-order valence-electron chi connectivity index (χ3n) is 3.05. The molecule has 2 heterocycles. The quantitative estimate of drug-likeness (QED) is 0.828. The van der Waals surface area contributed by atoms with E-state index in [-0.39, 0.29) is 16.6 Å². The molecule has 1 aliphatic heterocycles. The Morgan fingerprint density at radius 2 is 2.33 bits per heavy atom. The highest BCUT2D eigenvalue weighted by Gasteiger charge is 2.31. The number of likely N-dealkylation sites (N-methyl/N-ethyl adjacent to an activating group) is 1. The first-order chi connectivity index (χ1) is 8.57. The minimum absolute atomic E-state index is 0.137. The van der Waals surface area contributed by atoms with Crippen molar-refractivity contribution in [3.8, 4) is 6.07 Å². The second kappa shape index (κ2) is 5.02. The van der Waals surface area contributed by atoms with Crippen LogP contribution >= 0.6 is 0 Å². The second-order valence-corrected chi connectivity index (χ2v) is 6.07. The van der Waals surface area contributed by atoms with Crippen molar-refractivity contribution >= 4 is 10.0 Å². The lowest BCUT2D eigenvalue weighted by Crippen LogP contribution is -2.33. The van der Waals surface area contributed by atoms with Crippen LogP contribution in [0, 0.1) is 11.3 Å². The summed E-state index contributed by atoms with van der Waals surface area (Å²) in [6.07, 6.45) is 2.04. The number of hydrogen-bond acceptors (Lipinski definition) is 5. The Labute approximate surface area is 106 Å². The van der Waals surface area contributed by atoms with Gasteiger partial charge in [-0.15, -0.1) is 0 Å². The summed E-state index contributed by atoms with van der Waals surface area (Å²) in [6, 6.07) is 4.90. The van der Waals surface area contributed by atoms with Crippen molar-refractivity contribution in [3.63, 3.8) is 0 Å². The van der Waals surface area contributed by atoms with Gasteiger partial charge in [0, 0.05) is 25.3 Å². The molecule has 0 bridgehead atoms. The van der Waals surface area contributed by atoms with E-state index in [1.54, 1.807) is 0 Å². The summed E-state index contributed by atoms with van der Waals surface area (Å²) in [7, 11) is -1.66. The maximum atomic E-state index is 12.3. The Morgan fingerprint density at radius 1 is 1.56 bits per heavy atom. The monoisotopic (exact) mass is 266 g/mol. The van der Waals surface area contributed by atoms with Crippen LogP contribution in [0.25, 0.3) is 0 Å². The smallest absolute Gasteiger partial charge is 0.244 e. The zero-order chi connectivity index (χ0) is 13.2. The molecule has 96 valence electrons. The zero-order valence-electron chi connectivity index (χ0n) is 10.00. The van der Waals surface area contributed by atoms with E-state index in [0.29, 0.717) is 13.1 Å². The molecule has 7 heteroatoms. The number of pyridine rings is 1. The molecule has 1 fully saturated rings. The molecule has 1 aromatic rings. The fourth-order valence-corrected chi connectivity index (χ4v) is 3.38. The van der Waals surface area contributed by atoms with Crippen molar-refractivity contribution < 1.29 is 8.42 Å². The van der Waals surface area contributed by atoms with Crippen molar-refractivity contribution in [2.75, 3.05) is 20.1 Å². The molecule has 1 atom stereocenters. The van der Waals surface area contributed by atoms with Crippen LogP contribution in [0.1, 0.15) is 12.1 Å². The van der Waals surface area contributed by atoms with Crippen molar-refractivity contribution in [2.24, 2.45) is 0 Å². The molecule has 0 aromatic carbocycles. The first-order valence-electron chi connectivity index (χ1n) is 5.61. The molecule has 0 saturated carbocycles. The molecule has 0 spiro atoms. The summed E-state index contributed by atoms with van der Waals surface area (Å²) >= 11 is 0. The molecule has 18 heavy (non-hydrogen) atoms. The third-order valence-corrected chi connectivity index (χ3v) is 4.90. The molecule has 0 aliphatic carbocycles. The number of nitrogens with one attached hydrogen (secondary N) is 1. The van der Waals surface area contributed by atoms with Gasteiger partial charge in [0.2, 0.25) is 10.0 Å². The van der Waals surface area contributed by atoms with Crippen LogP contribution in [0.2, 0.25) is 0 Å².